The molecule has 0 saturated carbocycles. The lowest BCUT2D eigenvalue weighted by Gasteiger charge is -2.16. The van der Waals surface area contributed by atoms with Crippen molar-refractivity contribution in [2.45, 2.75) is 0 Å². The molecule has 10 heteroatoms. The van der Waals surface area contributed by atoms with Crippen LogP contribution in [0.4, 0.5) is 15.8 Å². The molecule has 1 amide bonds. The summed E-state index contributed by atoms with van der Waals surface area (Å²) in [5.41, 5.74) is 3.25. The van der Waals surface area contributed by atoms with Crippen LogP contribution in [0.15, 0.2) is 36.9 Å². The minimum atomic E-state index is -0.638. The SMILES string of the molecule is O=C(NOCCO)c1c(Cl)cn2cncc2c1Nc1ccc(I)cc1F. The number of aromatic nitrogens is 2. The van der Waals surface area contributed by atoms with E-state index >= 15 is 0 Å². The summed E-state index contributed by atoms with van der Waals surface area (Å²) in [4.78, 5) is 21.4. The van der Waals surface area contributed by atoms with Gasteiger partial charge in [0.25, 0.3) is 5.91 Å². The van der Waals surface area contributed by atoms with Gasteiger partial charge in [-0.05, 0) is 40.8 Å². The van der Waals surface area contributed by atoms with Crippen LogP contribution in [0.25, 0.3) is 5.52 Å². The Labute approximate surface area is 166 Å². The van der Waals surface area contributed by atoms with Crippen LogP contribution < -0.4 is 10.8 Å². The highest BCUT2D eigenvalue weighted by atomic mass is 127. The molecular weight excluding hydrogens is 478 g/mol. The number of aliphatic hydroxyl groups is 1. The smallest absolute Gasteiger partial charge is 0.278 e. The van der Waals surface area contributed by atoms with E-state index in [1.807, 2.05) is 22.6 Å². The van der Waals surface area contributed by atoms with Gasteiger partial charge < -0.3 is 14.8 Å². The van der Waals surface area contributed by atoms with Crippen LogP contribution in [0.5, 0.6) is 0 Å². The molecule has 2 aromatic heterocycles. The molecule has 2 heterocycles. The third-order valence-corrected chi connectivity index (χ3v) is 4.40. The van der Waals surface area contributed by atoms with Gasteiger partial charge >= 0.3 is 0 Å². The molecule has 0 atom stereocenters. The fourth-order valence-corrected chi connectivity index (χ4v) is 3.06. The van der Waals surface area contributed by atoms with Gasteiger partial charge in [-0.15, -0.1) is 0 Å². The molecule has 0 unspecified atom stereocenters. The lowest BCUT2D eigenvalue weighted by molar-refractivity contribution is 0.0169. The number of amides is 1. The third kappa shape index (κ3) is 3.90. The van der Waals surface area contributed by atoms with Gasteiger partial charge in [0.15, 0.2) is 0 Å². The predicted octanol–water partition coefficient (Wildman–Crippen LogP) is 3.13. The topological polar surface area (TPSA) is 87.9 Å². The van der Waals surface area contributed by atoms with Crippen molar-refractivity contribution in [1.29, 1.82) is 0 Å². The molecule has 0 radical (unpaired) electrons. The van der Waals surface area contributed by atoms with E-state index in [0.29, 0.717) is 5.52 Å². The summed E-state index contributed by atoms with van der Waals surface area (Å²) in [7, 11) is 0. The Hall–Kier alpha value is -1.95. The average molecular weight is 491 g/mol. The van der Waals surface area contributed by atoms with Crippen molar-refractivity contribution in [2.75, 3.05) is 18.5 Å². The molecule has 0 saturated heterocycles. The fourth-order valence-electron chi connectivity index (χ4n) is 2.32. The quantitative estimate of drug-likeness (QED) is 0.281. The number of hydrogen-bond acceptors (Lipinski definition) is 5. The third-order valence-electron chi connectivity index (χ3n) is 3.44. The summed E-state index contributed by atoms with van der Waals surface area (Å²) in [6, 6.07) is 4.66. The second-order valence-corrected chi connectivity index (χ2v) is 6.82. The number of rotatable bonds is 6. The number of benzene rings is 1. The van der Waals surface area contributed by atoms with E-state index in [1.54, 1.807) is 16.5 Å². The Balaban J connectivity index is 2.07. The molecule has 0 spiro atoms. The van der Waals surface area contributed by atoms with Gasteiger partial charge in [0, 0.05) is 9.77 Å². The fraction of sp³-hybridized carbons (Fsp3) is 0.125. The molecule has 136 valence electrons. The lowest BCUT2D eigenvalue weighted by Crippen LogP contribution is -2.26. The van der Waals surface area contributed by atoms with Crippen molar-refractivity contribution in [3.63, 3.8) is 0 Å². The Kier molecular flexibility index (Phi) is 5.91. The zero-order valence-electron chi connectivity index (χ0n) is 13.2. The van der Waals surface area contributed by atoms with Crippen molar-refractivity contribution in [3.05, 3.63) is 56.9 Å². The number of halogens is 3. The van der Waals surface area contributed by atoms with E-state index < -0.39 is 11.7 Å². The number of hydroxylamine groups is 1. The van der Waals surface area contributed by atoms with Crippen molar-refractivity contribution in [1.82, 2.24) is 14.9 Å². The predicted molar refractivity (Wildman–Crippen MR) is 103 cm³/mol. The van der Waals surface area contributed by atoms with E-state index in [0.717, 1.165) is 3.57 Å². The van der Waals surface area contributed by atoms with Gasteiger partial charge in [0.1, 0.15) is 5.82 Å². The first-order chi connectivity index (χ1) is 12.5. The molecule has 3 aromatic rings. The van der Waals surface area contributed by atoms with Crippen LogP contribution in [0.1, 0.15) is 10.4 Å². The Morgan fingerprint density at radius 1 is 1.46 bits per heavy atom. The summed E-state index contributed by atoms with van der Waals surface area (Å²) in [6.45, 7) is -0.332. The largest absolute Gasteiger partial charge is 0.394 e. The number of nitrogens with zero attached hydrogens (tertiary/aromatic N) is 2. The average Bonchev–Trinajstić information content (AvgIpc) is 3.05. The normalized spacial score (nSPS) is 10.9. The molecule has 0 aliphatic heterocycles. The van der Waals surface area contributed by atoms with Gasteiger partial charge in [-0.25, -0.2) is 14.9 Å². The van der Waals surface area contributed by atoms with E-state index in [4.69, 9.17) is 21.5 Å². The molecular formula is C16H13ClFIN4O3. The molecule has 1 aromatic carbocycles. The van der Waals surface area contributed by atoms with Crippen LogP contribution in [-0.2, 0) is 4.84 Å². The van der Waals surface area contributed by atoms with Gasteiger partial charge in [-0.1, -0.05) is 11.6 Å². The van der Waals surface area contributed by atoms with E-state index in [1.165, 1.54) is 24.8 Å². The highest BCUT2D eigenvalue weighted by molar-refractivity contribution is 14.1. The molecule has 3 N–H and O–H groups in total. The zero-order valence-corrected chi connectivity index (χ0v) is 16.1. The van der Waals surface area contributed by atoms with Crippen LogP contribution in [0.3, 0.4) is 0 Å². The molecule has 7 nitrogen and oxygen atoms in total. The number of aliphatic hydroxyl groups excluding tert-OH is 1. The summed E-state index contributed by atoms with van der Waals surface area (Å²) < 4.78 is 16.6. The first kappa shape index (κ1) is 18.8. The lowest BCUT2D eigenvalue weighted by atomic mass is 10.1. The number of carbonyl (C=O) groups is 1. The Morgan fingerprint density at radius 2 is 2.27 bits per heavy atom. The maximum atomic E-state index is 14.3. The highest BCUT2D eigenvalue weighted by Crippen LogP contribution is 2.32. The van der Waals surface area contributed by atoms with Gasteiger partial charge in [0.05, 0.1) is 53.2 Å². The number of anilines is 2. The minimum absolute atomic E-state index is 0.0653. The number of pyridine rings is 1. The number of hydrogen-bond donors (Lipinski definition) is 3. The van der Waals surface area contributed by atoms with Crippen molar-refractivity contribution >= 4 is 57.0 Å². The summed E-state index contributed by atoms with van der Waals surface area (Å²) in [5, 5.41) is 11.8. The van der Waals surface area contributed by atoms with Crippen molar-refractivity contribution in [3.8, 4) is 0 Å². The number of carbonyl (C=O) groups excluding carboxylic acids is 1. The van der Waals surface area contributed by atoms with Gasteiger partial charge in [-0.2, -0.15) is 0 Å². The maximum Gasteiger partial charge on any atom is 0.278 e. The van der Waals surface area contributed by atoms with Gasteiger partial charge in [-0.3, -0.25) is 9.63 Å². The zero-order chi connectivity index (χ0) is 18.7. The molecule has 0 bridgehead atoms. The second kappa shape index (κ2) is 8.16. The molecule has 3 rings (SSSR count). The van der Waals surface area contributed by atoms with Crippen LogP contribution in [0, 0.1) is 9.39 Å². The van der Waals surface area contributed by atoms with Crippen LogP contribution in [0.2, 0.25) is 5.02 Å². The minimum Gasteiger partial charge on any atom is -0.394 e. The van der Waals surface area contributed by atoms with E-state index in [2.05, 4.69) is 15.8 Å². The first-order valence-corrected chi connectivity index (χ1v) is 8.86. The summed E-state index contributed by atoms with van der Waals surface area (Å²) >= 11 is 8.26. The highest BCUT2D eigenvalue weighted by Gasteiger charge is 2.21. The monoisotopic (exact) mass is 490 g/mol. The van der Waals surface area contributed by atoms with E-state index in [9.17, 15) is 9.18 Å². The van der Waals surface area contributed by atoms with Crippen molar-refractivity contribution < 1.29 is 19.1 Å². The second-order valence-electron chi connectivity index (χ2n) is 5.17. The first-order valence-electron chi connectivity index (χ1n) is 7.40. The maximum absolute atomic E-state index is 14.3. The summed E-state index contributed by atoms with van der Waals surface area (Å²) in [6.07, 6.45) is 4.55. The van der Waals surface area contributed by atoms with Crippen molar-refractivity contribution in [2.24, 2.45) is 0 Å². The Bertz CT molecular complexity index is 966. The molecule has 0 aliphatic rings. The molecule has 0 fully saturated rings. The molecule has 0 aliphatic carbocycles. The Morgan fingerprint density at radius 3 is 3.00 bits per heavy atom. The van der Waals surface area contributed by atoms with Crippen LogP contribution in [-0.4, -0.2) is 33.6 Å². The van der Waals surface area contributed by atoms with E-state index in [-0.39, 0.29) is 35.2 Å². The van der Waals surface area contributed by atoms with Crippen LogP contribution >= 0.6 is 34.2 Å². The number of imidazole rings is 1. The molecule has 26 heavy (non-hydrogen) atoms. The standard InChI is InChI=1S/C16H13ClFIN4O3/c17-10-7-23-8-20-6-13(23)15(14(10)16(25)22-26-4-3-24)21-12-2-1-9(19)5-11(12)18/h1-2,5-8,21,24H,3-4H2,(H,22,25). The summed E-state index contributed by atoms with van der Waals surface area (Å²) in [5.74, 6) is -1.11. The number of fused-ring (bicyclic) bond motifs is 1. The van der Waals surface area contributed by atoms with Gasteiger partial charge in [0.2, 0.25) is 0 Å². The number of nitrogens with one attached hydrogen (secondary N) is 2.